The van der Waals surface area contributed by atoms with E-state index in [4.69, 9.17) is 4.74 Å². The zero-order valence-corrected chi connectivity index (χ0v) is 18.0. The monoisotopic (exact) mass is 430 g/mol. The van der Waals surface area contributed by atoms with Gasteiger partial charge in [-0.1, -0.05) is 37.5 Å². The summed E-state index contributed by atoms with van der Waals surface area (Å²) in [5, 5.41) is 12.2. The smallest absolute Gasteiger partial charge is 0.295 e. The summed E-state index contributed by atoms with van der Waals surface area (Å²) in [6, 6.07) is 14.1. The predicted molar refractivity (Wildman–Crippen MR) is 122 cm³/mol. The Morgan fingerprint density at radius 1 is 1.03 bits per heavy atom. The summed E-state index contributed by atoms with van der Waals surface area (Å²) >= 11 is 0. The summed E-state index contributed by atoms with van der Waals surface area (Å²) in [7, 11) is 1.57. The molecule has 6 heteroatoms. The van der Waals surface area contributed by atoms with Crippen molar-refractivity contribution in [3.8, 4) is 5.75 Å². The summed E-state index contributed by atoms with van der Waals surface area (Å²) in [6.07, 6.45) is 6.81. The standard InChI is InChI=1S/C26H26N2O4/c1-32-18-13-11-16(12-14-18)24(29)22-23(20-15-27-21-10-6-5-9-19(20)21)28(26(31)25(22)30)17-7-3-2-4-8-17/h5-6,9-15,17,23,27,29H,2-4,7-8H2,1H3/b24-22+. The number of ether oxygens (including phenoxy) is 1. The number of hydrogen-bond donors (Lipinski definition) is 2. The molecule has 32 heavy (non-hydrogen) atoms. The number of carbonyl (C=O) groups excluding carboxylic acids is 2. The number of hydrogen-bond acceptors (Lipinski definition) is 4. The van der Waals surface area contributed by atoms with Gasteiger partial charge >= 0.3 is 0 Å². The van der Waals surface area contributed by atoms with Crippen LogP contribution in [0.4, 0.5) is 0 Å². The van der Waals surface area contributed by atoms with Gasteiger partial charge in [-0.05, 0) is 43.2 Å². The summed E-state index contributed by atoms with van der Waals surface area (Å²) in [5.41, 5.74) is 2.40. The quantitative estimate of drug-likeness (QED) is 0.349. The Bertz CT molecular complexity index is 1200. The largest absolute Gasteiger partial charge is 0.507 e. The highest BCUT2D eigenvalue weighted by Crippen LogP contribution is 2.45. The maximum atomic E-state index is 13.3. The van der Waals surface area contributed by atoms with Crippen LogP contribution in [0.15, 0.2) is 60.3 Å². The van der Waals surface area contributed by atoms with E-state index in [-0.39, 0.29) is 17.4 Å². The third-order valence-corrected chi connectivity index (χ3v) is 6.73. The number of aromatic nitrogens is 1. The van der Waals surface area contributed by atoms with Crippen molar-refractivity contribution in [2.45, 2.75) is 44.2 Å². The Balaban J connectivity index is 1.69. The van der Waals surface area contributed by atoms with E-state index in [1.54, 1.807) is 36.3 Å². The van der Waals surface area contributed by atoms with Crippen LogP contribution in [0.3, 0.4) is 0 Å². The molecule has 5 rings (SSSR count). The van der Waals surface area contributed by atoms with Gasteiger partial charge in [0.15, 0.2) is 0 Å². The lowest BCUT2D eigenvalue weighted by Gasteiger charge is -2.35. The Morgan fingerprint density at radius 3 is 2.47 bits per heavy atom. The van der Waals surface area contributed by atoms with Crippen LogP contribution < -0.4 is 4.74 Å². The third-order valence-electron chi connectivity index (χ3n) is 6.73. The van der Waals surface area contributed by atoms with E-state index in [1.807, 2.05) is 30.5 Å². The van der Waals surface area contributed by atoms with Gasteiger partial charge in [-0.3, -0.25) is 9.59 Å². The summed E-state index contributed by atoms with van der Waals surface area (Å²) in [6.45, 7) is 0. The second-order valence-corrected chi connectivity index (χ2v) is 8.52. The first-order chi connectivity index (χ1) is 15.6. The molecular weight excluding hydrogens is 404 g/mol. The number of para-hydroxylation sites is 1. The predicted octanol–water partition coefficient (Wildman–Crippen LogP) is 4.93. The average Bonchev–Trinajstić information content (AvgIpc) is 3.38. The number of Topliss-reactive ketones (excluding diaryl/α,β-unsaturated/α-hetero) is 1. The van der Waals surface area contributed by atoms with Gasteiger partial charge in [0.05, 0.1) is 18.7 Å². The molecule has 2 aromatic carbocycles. The number of H-pyrrole nitrogens is 1. The van der Waals surface area contributed by atoms with Gasteiger partial charge in [-0.15, -0.1) is 0 Å². The first-order valence-corrected chi connectivity index (χ1v) is 11.1. The van der Waals surface area contributed by atoms with Crippen LogP contribution in [0.25, 0.3) is 16.7 Å². The third kappa shape index (κ3) is 3.27. The number of aliphatic hydroxyl groups excluding tert-OH is 1. The molecule has 1 aliphatic heterocycles. The first-order valence-electron chi connectivity index (χ1n) is 11.1. The molecule has 0 bridgehead atoms. The van der Waals surface area contributed by atoms with Crippen LogP contribution in [0.2, 0.25) is 0 Å². The van der Waals surface area contributed by atoms with Crippen molar-refractivity contribution < 1.29 is 19.4 Å². The number of likely N-dealkylation sites (tertiary alicyclic amines) is 1. The van der Waals surface area contributed by atoms with E-state index in [9.17, 15) is 14.7 Å². The van der Waals surface area contributed by atoms with Crippen LogP contribution in [0.5, 0.6) is 5.75 Å². The van der Waals surface area contributed by atoms with Gasteiger partial charge < -0.3 is 19.7 Å². The average molecular weight is 431 g/mol. The number of amides is 1. The normalized spacial score (nSPS) is 21.4. The van der Waals surface area contributed by atoms with E-state index in [1.165, 1.54) is 0 Å². The zero-order chi connectivity index (χ0) is 22.2. The zero-order valence-electron chi connectivity index (χ0n) is 18.0. The Hall–Kier alpha value is -3.54. The molecule has 1 amide bonds. The molecule has 1 atom stereocenters. The number of methoxy groups -OCH3 is 1. The van der Waals surface area contributed by atoms with Crippen LogP contribution >= 0.6 is 0 Å². The van der Waals surface area contributed by atoms with Crippen LogP contribution in [-0.2, 0) is 9.59 Å². The number of aliphatic hydroxyl groups is 1. The molecule has 1 unspecified atom stereocenters. The molecule has 3 aromatic rings. The van der Waals surface area contributed by atoms with E-state index < -0.39 is 17.7 Å². The Labute approximate surface area is 186 Å². The SMILES string of the molecule is COc1ccc(/C(O)=C2\C(=O)C(=O)N(C3CCCCC3)C2c2c[nH]c3ccccc23)cc1. The van der Waals surface area contributed by atoms with E-state index in [0.717, 1.165) is 48.6 Å². The number of fused-ring (bicyclic) bond motifs is 1. The van der Waals surface area contributed by atoms with Crippen LogP contribution in [0, 0.1) is 0 Å². The molecule has 2 aliphatic rings. The minimum Gasteiger partial charge on any atom is -0.507 e. The minimum atomic E-state index is -0.628. The number of ketones is 1. The molecule has 0 radical (unpaired) electrons. The second kappa shape index (κ2) is 8.19. The van der Waals surface area contributed by atoms with Crippen molar-refractivity contribution in [1.29, 1.82) is 0 Å². The number of nitrogens with zero attached hydrogens (tertiary/aromatic N) is 1. The topological polar surface area (TPSA) is 82.6 Å². The Kier molecular flexibility index (Phi) is 5.21. The van der Waals surface area contributed by atoms with Gasteiger partial charge in [-0.2, -0.15) is 0 Å². The number of nitrogens with one attached hydrogen (secondary N) is 1. The van der Waals surface area contributed by atoms with Crippen molar-refractivity contribution in [3.05, 3.63) is 71.4 Å². The van der Waals surface area contributed by atoms with Gasteiger partial charge in [0.2, 0.25) is 0 Å². The molecule has 164 valence electrons. The lowest BCUT2D eigenvalue weighted by molar-refractivity contribution is -0.141. The van der Waals surface area contributed by atoms with Crippen molar-refractivity contribution in [3.63, 3.8) is 0 Å². The second-order valence-electron chi connectivity index (χ2n) is 8.52. The maximum absolute atomic E-state index is 13.3. The van der Waals surface area contributed by atoms with Crippen molar-refractivity contribution >= 4 is 28.4 Å². The number of benzene rings is 2. The molecule has 2 N–H and O–H groups in total. The fraction of sp³-hybridized carbons (Fsp3) is 0.308. The van der Waals surface area contributed by atoms with E-state index in [0.29, 0.717) is 11.3 Å². The number of aromatic amines is 1. The van der Waals surface area contributed by atoms with Gasteiger partial charge in [-0.25, -0.2) is 0 Å². The van der Waals surface area contributed by atoms with Crippen molar-refractivity contribution in [2.24, 2.45) is 0 Å². The Morgan fingerprint density at radius 2 is 1.75 bits per heavy atom. The van der Waals surface area contributed by atoms with Crippen molar-refractivity contribution in [2.75, 3.05) is 7.11 Å². The van der Waals surface area contributed by atoms with E-state index >= 15 is 0 Å². The van der Waals surface area contributed by atoms with Gasteiger partial charge in [0.1, 0.15) is 11.5 Å². The van der Waals surface area contributed by atoms with Crippen molar-refractivity contribution in [1.82, 2.24) is 9.88 Å². The van der Waals surface area contributed by atoms with Crippen LogP contribution in [-0.4, -0.2) is 39.8 Å². The molecule has 2 fully saturated rings. The highest BCUT2D eigenvalue weighted by molar-refractivity contribution is 6.46. The first kappa shape index (κ1) is 20.4. The minimum absolute atomic E-state index is 0.0139. The highest BCUT2D eigenvalue weighted by Gasteiger charge is 2.49. The highest BCUT2D eigenvalue weighted by atomic mass is 16.5. The molecule has 6 nitrogen and oxygen atoms in total. The lowest BCUT2D eigenvalue weighted by Crippen LogP contribution is -2.40. The number of carbonyl (C=O) groups is 2. The fourth-order valence-electron chi connectivity index (χ4n) is 5.12. The molecule has 0 spiro atoms. The molecule has 1 saturated heterocycles. The van der Waals surface area contributed by atoms with E-state index in [2.05, 4.69) is 4.98 Å². The van der Waals surface area contributed by atoms with Crippen LogP contribution in [0.1, 0.15) is 49.3 Å². The maximum Gasteiger partial charge on any atom is 0.295 e. The summed E-state index contributed by atoms with van der Waals surface area (Å²) < 4.78 is 5.21. The lowest BCUT2D eigenvalue weighted by atomic mass is 9.91. The number of rotatable bonds is 4. The van der Waals surface area contributed by atoms with Gasteiger partial charge in [0, 0.05) is 34.3 Å². The molecular formula is C26H26N2O4. The fourth-order valence-corrected chi connectivity index (χ4v) is 5.12. The molecule has 1 aromatic heterocycles. The summed E-state index contributed by atoms with van der Waals surface area (Å²) in [5.74, 6) is -0.654. The van der Waals surface area contributed by atoms with Gasteiger partial charge in [0.25, 0.3) is 11.7 Å². The molecule has 1 saturated carbocycles. The summed E-state index contributed by atoms with van der Waals surface area (Å²) in [4.78, 5) is 31.6. The molecule has 2 heterocycles. The molecule has 1 aliphatic carbocycles.